The topological polar surface area (TPSA) is 54.4 Å². The SMILES string of the molecule is CC(C)(C)C(=O)C1CCC(F)(C(=O)O)CC1. The van der Waals surface area contributed by atoms with Crippen molar-refractivity contribution in [2.24, 2.45) is 11.3 Å². The summed E-state index contributed by atoms with van der Waals surface area (Å²) in [6.45, 7) is 5.51. The van der Waals surface area contributed by atoms with Crippen molar-refractivity contribution in [3.8, 4) is 0 Å². The van der Waals surface area contributed by atoms with Crippen LogP contribution in [-0.4, -0.2) is 22.5 Å². The summed E-state index contributed by atoms with van der Waals surface area (Å²) in [5.74, 6) is -1.46. The van der Waals surface area contributed by atoms with E-state index in [1.54, 1.807) is 0 Å². The molecule has 1 rings (SSSR count). The van der Waals surface area contributed by atoms with E-state index in [2.05, 4.69) is 0 Å². The van der Waals surface area contributed by atoms with Crippen LogP contribution in [0.15, 0.2) is 0 Å². The van der Waals surface area contributed by atoms with Crippen LogP contribution in [0.1, 0.15) is 46.5 Å². The first-order valence-electron chi connectivity index (χ1n) is 5.63. The van der Waals surface area contributed by atoms with Crippen LogP contribution in [0, 0.1) is 11.3 Å². The summed E-state index contributed by atoms with van der Waals surface area (Å²) in [7, 11) is 0. The molecule has 1 aliphatic rings. The van der Waals surface area contributed by atoms with Crippen LogP contribution in [0.2, 0.25) is 0 Å². The van der Waals surface area contributed by atoms with Gasteiger partial charge in [0.05, 0.1) is 0 Å². The molecule has 0 radical (unpaired) electrons. The maximum atomic E-state index is 13.7. The second-order valence-electron chi connectivity index (χ2n) is 5.66. The van der Waals surface area contributed by atoms with E-state index in [4.69, 9.17) is 5.11 Å². The normalized spacial score (nSPS) is 31.1. The fraction of sp³-hybridized carbons (Fsp3) is 0.833. The van der Waals surface area contributed by atoms with E-state index < -0.39 is 17.1 Å². The summed E-state index contributed by atoms with van der Waals surface area (Å²) in [6, 6.07) is 0. The lowest BCUT2D eigenvalue weighted by Crippen LogP contribution is -2.41. The van der Waals surface area contributed by atoms with Crippen LogP contribution in [0.25, 0.3) is 0 Å². The van der Waals surface area contributed by atoms with Gasteiger partial charge in [0, 0.05) is 11.3 Å². The van der Waals surface area contributed by atoms with Gasteiger partial charge in [-0.25, -0.2) is 9.18 Å². The maximum Gasteiger partial charge on any atom is 0.341 e. The molecule has 0 heterocycles. The minimum Gasteiger partial charge on any atom is -0.479 e. The van der Waals surface area contributed by atoms with Crippen LogP contribution < -0.4 is 0 Å². The average Bonchev–Trinajstić information content (AvgIpc) is 2.16. The highest BCUT2D eigenvalue weighted by atomic mass is 19.1. The molecule has 0 bridgehead atoms. The number of carboxylic acids is 1. The highest BCUT2D eigenvalue weighted by Crippen LogP contribution is 2.38. The molecule has 1 aliphatic carbocycles. The lowest BCUT2D eigenvalue weighted by Gasteiger charge is -2.33. The van der Waals surface area contributed by atoms with Crippen molar-refractivity contribution in [3.05, 3.63) is 0 Å². The van der Waals surface area contributed by atoms with Crippen LogP contribution in [-0.2, 0) is 9.59 Å². The summed E-state index contributed by atoms with van der Waals surface area (Å²) in [5.41, 5.74) is -2.54. The van der Waals surface area contributed by atoms with Crippen molar-refractivity contribution < 1.29 is 19.1 Å². The molecular weight excluding hydrogens is 211 g/mol. The Hall–Kier alpha value is -0.930. The second-order valence-corrected chi connectivity index (χ2v) is 5.66. The van der Waals surface area contributed by atoms with Gasteiger partial charge in [-0.3, -0.25) is 4.79 Å². The Bertz CT molecular complexity index is 296. The third-order valence-electron chi connectivity index (χ3n) is 3.27. The van der Waals surface area contributed by atoms with Gasteiger partial charge < -0.3 is 5.11 Å². The molecule has 0 unspecified atom stereocenters. The Balaban J connectivity index is 2.63. The first kappa shape index (κ1) is 13.1. The summed E-state index contributed by atoms with van der Waals surface area (Å²) in [4.78, 5) is 22.6. The number of aliphatic carboxylic acids is 1. The van der Waals surface area contributed by atoms with Gasteiger partial charge in [0.25, 0.3) is 0 Å². The first-order chi connectivity index (χ1) is 7.17. The molecule has 0 aromatic carbocycles. The zero-order valence-corrected chi connectivity index (χ0v) is 10.0. The van der Waals surface area contributed by atoms with Gasteiger partial charge in [-0.05, 0) is 25.7 Å². The zero-order chi connectivity index (χ0) is 12.6. The molecule has 0 spiro atoms. The highest BCUT2D eigenvalue weighted by molar-refractivity contribution is 5.86. The Kier molecular flexibility index (Phi) is 3.41. The van der Waals surface area contributed by atoms with Gasteiger partial charge in [0.15, 0.2) is 0 Å². The Labute approximate surface area is 95.0 Å². The number of ketones is 1. The van der Waals surface area contributed by atoms with E-state index in [0.29, 0.717) is 12.8 Å². The fourth-order valence-corrected chi connectivity index (χ4v) is 2.16. The molecule has 0 amide bonds. The number of halogens is 1. The molecule has 16 heavy (non-hydrogen) atoms. The molecule has 92 valence electrons. The predicted octanol–water partition coefficient (Wildman–Crippen LogP) is 2.58. The van der Waals surface area contributed by atoms with Crippen molar-refractivity contribution in [2.75, 3.05) is 0 Å². The first-order valence-corrected chi connectivity index (χ1v) is 5.63. The van der Waals surface area contributed by atoms with Crippen LogP contribution in [0.3, 0.4) is 0 Å². The number of Topliss-reactive ketones (excluding diaryl/α,β-unsaturated/α-hetero) is 1. The Morgan fingerprint density at radius 2 is 1.69 bits per heavy atom. The van der Waals surface area contributed by atoms with E-state index in [9.17, 15) is 14.0 Å². The number of carbonyl (C=O) groups excluding carboxylic acids is 1. The molecule has 1 N–H and O–H groups in total. The third kappa shape index (κ3) is 2.60. The van der Waals surface area contributed by atoms with Crippen molar-refractivity contribution in [2.45, 2.75) is 52.1 Å². The second kappa shape index (κ2) is 4.15. The number of alkyl halides is 1. The smallest absolute Gasteiger partial charge is 0.341 e. The largest absolute Gasteiger partial charge is 0.479 e. The number of carboxylic acid groups (broad SMARTS) is 1. The van der Waals surface area contributed by atoms with Crippen molar-refractivity contribution in [1.29, 1.82) is 0 Å². The summed E-state index contributed by atoms with van der Waals surface area (Å²) < 4.78 is 13.7. The van der Waals surface area contributed by atoms with Gasteiger partial charge in [0.1, 0.15) is 5.78 Å². The average molecular weight is 230 g/mol. The standard InChI is InChI=1S/C12H19FO3/c1-11(2,3)9(14)8-4-6-12(13,7-5-8)10(15)16/h8H,4-7H2,1-3H3,(H,15,16). The number of carbonyl (C=O) groups is 2. The molecule has 3 nitrogen and oxygen atoms in total. The van der Waals surface area contributed by atoms with Crippen LogP contribution in [0.5, 0.6) is 0 Å². The number of rotatable bonds is 2. The maximum absolute atomic E-state index is 13.7. The monoisotopic (exact) mass is 230 g/mol. The number of hydrogen-bond acceptors (Lipinski definition) is 2. The quantitative estimate of drug-likeness (QED) is 0.793. The minimum atomic E-state index is -2.12. The van der Waals surface area contributed by atoms with Crippen LogP contribution >= 0.6 is 0 Å². The molecule has 0 aliphatic heterocycles. The Morgan fingerprint density at radius 1 is 1.25 bits per heavy atom. The lowest BCUT2D eigenvalue weighted by atomic mass is 9.72. The summed E-state index contributed by atoms with van der Waals surface area (Å²) >= 11 is 0. The molecule has 4 heteroatoms. The van der Waals surface area contributed by atoms with Gasteiger partial charge in [0.2, 0.25) is 5.67 Å². The van der Waals surface area contributed by atoms with E-state index >= 15 is 0 Å². The molecule has 0 saturated heterocycles. The molecule has 1 fully saturated rings. The fourth-order valence-electron chi connectivity index (χ4n) is 2.16. The van der Waals surface area contributed by atoms with Gasteiger partial charge in [-0.1, -0.05) is 20.8 Å². The third-order valence-corrected chi connectivity index (χ3v) is 3.27. The van der Waals surface area contributed by atoms with Crippen molar-refractivity contribution in [1.82, 2.24) is 0 Å². The molecule has 1 saturated carbocycles. The number of hydrogen-bond donors (Lipinski definition) is 1. The Morgan fingerprint density at radius 3 is 2.00 bits per heavy atom. The van der Waals surface area contributed by atoms with Gasteiger partial charge in [-0.2, -0.15) is 0 Å². The van der Waals surface area contributed by atoms with E-state index in [1.807, 2.05) is 20.8 Å². The minimum absolute atomic E-state index is 0.0468. The zero-order valence-electron chi connectivity index (χ0n) is 10.0. The highest BCUT2D eigenvalue weighted by Gasteiger charge is 2.44. The van der Waals surface area contributed by atoms with E-state index in [0.717, 1.165) is 0 Å². The van der Waals surface area contributed by atoms with Gasteiger partial charge in [-0.15, -0.1) is 0 Å². The van der Waals surface area contributed by atoms with Crippen molar-refractivity contribution >= 4 is 11.8 Å². The van der Waals surface area contributed by atoms with Gasteiger partial charge >= 0.3 is 5.97 Å². The van der Waals surface area contributed by atoms with Crippen molar-refractivity contribution in [3.63, 3.8) is 0 Å². The molecule has 0 atom stereocenters. The summed E-state index contributed by atoms with van der Waals surface area (Å²) in [6.07, 6.45) is 0.599. The van der Waals surface area contributed by atoms with Crippen LogP contribution in [0.4, 0.5) is 4.39 Å². The molecular formula is C12H19FO3. The van der Waals surface area contributed by atoms with E-state index in [-0.39, 0.29) is 24.5 Å². The summed E-state index contributed by atoms with van der Waals surface area (Å²) in [5, 5.41) is 8.72. The lowest BCUT2D eigenvalue weighted by molar-refractivity contribution is -0.155. The van der Waals surface area contributed by atoms with E-state index in [1.165, 1.54) is 0 Å². The molecule has 0 aromatic heterocycles. The molecule has 0 aromatic rings. The predicted molar refractivity (Wildman–Crippen MR) is 57.9 cm³/mol.